The summed E-state index contributed by atoms with van der Waals surface area (Å²) in [5.41, 5.74) is 0. The first-order valence-electron chi connectivity index (χ1n) is 5.05. The minimum absolute atomic E-state index is 0.617. The van der Waals surface area contributed by atoms with Gasteiger partial charge in [-0.25, -0.2) is 0 Å². The van der Waals surface area contributed by atoms with Gasteiger partial charge in [-0.15, -0.1) is 0 Å². The van der Waals surface area contributed by atoms with Crippen LogP contribution in [0.1, 0.15) is 51.9 Å². The maximum absolute atomic E-state index is 5.53. The van der Waals surface area contributed by atoms with Crippen LogP contribution in [0.4, 0.5) is 0 Å². The first-order chi connectivity index (χ1) is 5.43. The maximum atomic E-state index is 5.53. The Morgan fingerprint density at radius 2 is 2.18 bits per heavy atom. The van der Waals surface area contributed by atoms with Crippen molar-refractivity contribution in [2.45, 2.75) is 58.0 Å². The van der Waals surface area contributed by atoms with Gasteiger partial charge in [-0.1, -0.05) is 32.6 Å². The Bertz CT molecular complexity index is 84.9. The highest BCUT2D eigenvalue weighted by Gasteiger charge is 2.13. The molecule has 1 aliphatic heterocycles. The predicted molar refractivity (Wildman–Crippen MR) is 47.7 cm³/mol. The van der Waals surface area contributed by atoms with Crippen molar-refractivity contribution in [1.29, 1.82) is 0 Å². The van der Waals surface area contributed by atoms with E-state index in [1.54, 1.807) is 0 Å². The zero-order valence-electron chi connectivity index (χ0n) is 7.64. The van der Waals surface area contributed by atoms with Gasteiger partial charge in [0.1, 0.15) is 0 Å². The van der Waals surface area contributed by atoms with Crippen LogP contribution in [0.3, 0.4) is 0 Å². The molecule has 0 aromatic heterocycles. The van der Waals surface area contributed by atoms with E-state index >= 15 is 0 Å². The second-order valence-electron chi connectivity index (χ2n) is 3.48. The SMILES string of the molecule is CCCCCC[C@H]1CCCO1. The first-order valence-corrected chi connectivity index (χ1v) is 5.05. The number of hydrogen-bond acceptors (Lipinski definition) is 1. The van der Waals surface area contributed by atoms with Crippen LogP contribution in [-0.4, -0.2) is 12.7 Å². The molecule has 1 rings (SSSR count). The Balaban J connectivity index is 1.86. The summed E-state index contributed by atoms with van der Waals surface area (Å²) in [7, 11) is 0. The van der Waals surface area contributed by atoms with Gasteiger partial charge in [0.15, 0.2) is 0 Å². The maximum Gasteiger partial charge on any atom is 0.0576 e. The normalized spacial score (nSPS) is 24.3. The van der Waals surface area contributed by atoms with E-state index in [9.17, 15) is 0 Å². The van der Waals surface area contributed by atoms with Crippen molar-refractivity contribution in [3.05, 3.63) is 0 Å². The fourth-order valence-electron chi connectivity index (χ4n) is 1.67. The average Bonchev–Trinajstić information content (AvgIpc) is 2.50. The van der Waals surface area contributed by atoms with Crippen LogP contribution < -0.4 is 0 Å². The van der Waals surface area contributed by atoms with Crippen LogP contribution in [0.2, 0.25) is 0 Å². The highest BCUT2D eigenvalue weighted by Crippen LogP contribution is 2.18. The third-order valence-electron chi connectivity index (χ3n) is 2.40. The molecule has 11 heavy (non-hydrogen) atoms. The van der Waals surface area contributed by atoms with E-state index in [-0.39, 0.29) is 0 Å². The van der Waals surface area contributed by atoms with Crippen LogP contribution in [-0.2, 0) is 4.74 Å². The van der Waals surface area contributed by atoms with E-state index in [2.05, 4.69) is 6.92 Å². The molecule has 1 atom stereocenters. The Morgan fingerprint density at radius 3 is 2.82 bits per heavy atom. The van der Waals surface area contributed by atoms with Gasteiger partial charge in [0.2, 0.25) is 0 Å². The molecule has 1 heterocycles. The van der Waals surface area contributed by atoms with E-state index < -0.39 is 0 Å². The molecule has 1 aliphatic rings. The van der Waals surface area contributed by atoms with Crippen molar-refractivity contribution >= 4 is 0 Å². The van der Waals surface area contributed by atoms with Gasteiger partial charge in [0, 0.05) is 6.61 Å². The number of hydrogen-bond donors (Lipinski definition) is 0. The molecule has 0 unspecified atom stereocenters. The summed E-state index contributed by atoms with van der Waals surface area (Å²) in [5.74, 6) is 0. The molecule has 0 saturated carbocycles. The van der Waals surface area contributed by atoms with Crippen LogP contribution in [0.15, 0.2) is 0 Å². The summed E-state index contributed by atoms with van der Waals surface area (Å²) in [4.78, 5) is 0. The van der Waals surface area contributed by atoms with Crippen molar-refractivity contribution in [2.75, 3.05) is 6.61 Å². The van der Waals surface area contributed by atoms with Gasteiger partial charge in [0.25, 0.3) is 0 Å². The molecule has 0 spiro atoms. The smallest absolute Gasteiger partial charge is 0.0576 e. The monoisotopic (exact) mass is 156 g/mol. The summed E-state index contributed by atoms with van der Waals surface area (Å²) in [6, 6.07) is 0. The lowest BCUT2D eigenvalue weighted by molar-refractivity contribution is 0.102. The molecule has 0 N–H and O–H groups in total. The lowest BCUT2D eigenvalue weighted by Crippen LogP contribution is -2.03. The van der Waals surface area contributed by atoms with E-state index in [0.29, 0.717) is 6.10 Å². The minimum atomic E-state index is 0.617. The zero-order chi connectivity index (χ0) is 7.94. The van der Waals surface area contributed by atoms with Crippen LogP contribution in [0, 0.1) is 0 Å². The highest BCUT2D eigenvalue weighted by atomic mass is 16.5. The van der Waals surface area contributed by atoms with E-state index in [1.165, 1.54) is 44.9 Å². The number of rotatable bonds is 5. The van der Waals surface area contributed by atoms with E-state index in [0.717, 1.165) is 6.61 Å². The fraction of sp³-hybridized carbons (Fsp3) is 1.00. The molecule has 1 heteroatoms. The summed E-state index contributed by atoms with van der Waals surface area (Å²) >= 11 is 0. The van der Waals surface area contributed by atoms with Crippen molar-refractivity contribution in [2.24, 2.45) is 0 Å². The first kappa shape index (κ1) is 9.05. The third kappa shape index (κ3) is 3.76. The van der Waals surface area contributed by atoms with Crippen molar-refractivity contribution in [3.8, 4) is 0 Å². The molecule has 0 radical (unpaired) electrons. The molecular formula is C10H20O. The molecule has 0 aromatic rings. The molecule has 1 saturated heterocycles. The quantitative estimate of drug-likeness (QED) is 0.556. The molecule has 1 nitrogen and oxygen atoms in total. The Hall–Kier alpha value is -0.0400. The summed E-state index contributed by atoms with van der Waals surface area (Å²) in [6.45, 7) is 3.27. The van der Waals surface area contributed by atoms with Gasteiger partial charge in [0.05, 0.1) is 6.10 Å². The Kier molecular flexibility index (Phi) is 4.60. The van der Waals surface area contributed by atoms with Crippen molar-refractivity contribution in [3.63, 3.8) is 0 Å². The summed E-state index contributed by atoms with van der Waals surface area (Å²) in [5, 5.41) is 0. The average molecular weight is 156 g/mol. The number of ether oxygens (including phenoxy) is 1. The molecule has 0 aromatic carbocycles. The van der Waals surface area contributed by atoms with Crippen LogP contribution in [0.5, 0.6) is 0 Å². The molecule has 66 valence electrons. The highest BCUT2D eigenvalue weighted by molar-refractivity contribution is 4.64. The minimum Gasteiger partial charge on any atom is -0.378 e. The lowest BCUT2D eigenvalue weighted by Gasteiger charge is -2.07. The third-order valence-corrected chi connectivity index (χ3v) is 2.40. The van der Waals surface area contributed by atoms with Crippen LogP contribution >= 0.6 is 0 Å². The van der Waals surface area contributed by atoms with Gasteiger partial charge in [-0.2, -0.15) is 0 Å². The Labute approximate surface area is 70.1 Å². The standard InChI is InChI=1S/C10H20O/c1-2-3-4-5-7-10-8-6-9-11-10/h10H,2-9H2,1H3/t10-/m0/s1. The summed E-state index contributed by atoms with van der Waals surface area (Å²) in [6.07, 6.45) is 10.0. The lowest BCUT2D eigenvalue weighted by atomic mass is 10.1. The molecule has 0 amide bonds. The van der Waals surface area contributed by atoms with Gasteiger partial charge < -0.3 is 4.74 Å². The molecule has 0 bridgehead atoms. The fourth-order valence-corrected chi connectivity index (χ4v) is 1.67. The van der Waals surface area contributed by atoms with Gasteiger partial charge >= 0.3 is 0 Å². The van der Waals surface area contributed by atoms with E-state index in [4.69, 9.17) is 4.74 Å². The molecule has 0 aliphatic carbocycles. The predicted octanol–water partition coefficient (Wildman–Crippen LogP) is 3.14. The van der Waals surface area contributed by atoms with Crippen molar-refractivity contribution in [1.82, 2.24) is 0 Å². The molecule has 1 fully saturated rings. The Morgan fingerprint density at radius 1 is 1.27 bits per heavy atom. The zero-order valence-corrected chi connectivity index (χ0v) is 7.64. The number of unbranched alkanes of at least 4 members (excludes halogenated alkanes) is 3. The summed E-state index contributed by atoms with van der Waals surface area (Å²) < 4.78 is 5.53. The topological polar surface area (TPSA) is 9.23 Å². The second kappa shape index (κ2) is 5.59. The van der Waals surface area contributed by atoms with Crippen LogP contribution in [0.25, 0.3) is 0 Å². The molecular weight excluding hydrogens is 136 g/mol. The second-order valence-corrected chi connectivity index (χ2v) is 3.48. The van der Waals surface area contributed by atoms with Gasteiger partial charge in [-0.3, -0.25) is 0 Å². The van der Waals surface area contributed by atoms with Crippen molar-refractivity contribution < 1.29 is 4.74 Å². The van der Waals surface area contributed by atoms with Gasteiger partial charge in [-0.05, 0) is 19.3 Å². The largest absolute Gasteiger partial charge is 0.378 e. The van der Waals surface area contributed by atoms with E-state index in [1.807, 2.05) is 0 Å².